The second-order valence-electron chi connectivity index (χ2n) is 3.11. The van der Waals surface area contributed by atoms with Crippen LogP contribution in [0, 0.1) is 11.7 Å². The van der Waals surface area contributed by atoms with Gasteiger partial charge in [-0.2, -0.15) is 4.98 Å². The zero-order valence-electron chi connectivity index (χ0n) is 7.89. The number of hydrogen-bond acceptors (Lipinski definition) is 4. The zero-order valence-corrected chi connectivity index (χ0v) is 8.71. The van der Waals surface area contributed by atoms with Gasteiger partial charge in [0.15, 0.2) is 10.6 Å². The monoisotopic (exact) mass is 210 g/mol. The summed E-state index contributed by atoms with van der Waals surface area (Å²) < 4.78 is 7.25. The number of H-pyrrole nitrogens is 1. The van der Waals surface area contributed by atoms with E-state index in [-0.39, 0.29) is 6.04 Å². The lowest BCUT2D eigenvalue weighted by Crippen LogP contribution is -2.07. The number of aromatic nitrogens is 4. The molecule has 1 N–H and O–H groups in total. The number of nitrogens with zero attached hydrogens (tertiary/aromatic N) is 3. The van der Waals surface area contributed by atoms with E-state index in [1.54, 1.807) is 0 Å². The Bertz CT molecular complexity index is 470. The quantitative estimate of drug-likeness (QED) is 0.768. The summed E-state index contributed by atoms with van der Waals surface area (Å²) in [6, 6.07) is -0.00815. The minimum atomic E-state index is -0.00815. The van der Waals surface area contributed by atoms with Gasteiger partial charge in [-0.3, -0.25) is 0 Å². The Morgan fingerprint density at radius 1 is 1.64 bits per heavy atom. The minimum Gasteiger partial charge on any atom is -0.343 e. The summed E-state index contributed by atoms with van der Waals surface area (Å²) >= 11 is 5.14. The van der Waals surface area contributed by atoms with Crippen molar-refractivity contribution in [1.29, 1.82) is 0 Å². The maximum atomic E-state index is 5.14. The highest BCUT2D eigenvalue weighted by Gasteiger charge is 2.13. The number of nitrogens with one attached hydrogen (secondary N) is 1. The predicted molar refractivity (Wildman–Crippen MR) is 52.5 cm³/mol. The van der Waals surface area contributed by atoms with E-state index in [0.29, 0.717) is 10.6 Å². The number of rotatable bonds is 2. The molecule has 0 saturated heterocycles. The molecule has 0 aliphatic carbocycles. The predicted octanol–water partition coefficient (Wildman–Crippen LogP) is 1.85. The molecule has 0 fully saturated rings. The fraction of sp³-hybridized carbons (Fsp3) is 0.375. The summed E-state index contributed by atoms with van der Waals surface area (Å²) in [7, 11) is 0. The molecule has 5 nitrogen and oxygen atoms in total. The molecule has 74 valence electrons. The molecule has 14 heavy (non-hydrogen) atoms. The zero-order chi connectivity index (χ0) is 10.1. The molecule has 2 heterocycles. The van der Waals surface area contributed by atoms with Crippen LogP contribution in [0.2, 0.25) is 0 Å². The van der Waals surface area contributed by atoms with E-state index in [1.165, 1.54) is 6.39 Å². The molecule has 2 rings (SSSR count). The average molecular weight is 210 g/mol. The van der Waals surface area contributed by atoms with Gasteiger partial charge in [0.2, 0.25) is 6.39 Å². The van der Waals surface area contributed by atoms with E-state index in [2.05, 4.69) is 19.6 Å². The molecule has 0 aromatic carbocycles. The van der Waals surface area contributed by atoms with E-state index in [0.717, 1.165) is 5.69 Å². The lowest BCUT2D eigenvalue weighted by atomic mass is 10.3. The third-order valence-electron chi connectivity index (χ3n) is 2.04. The van der Waals surface area contributed by atoms with Crippen LogP contribution in [0.25, 0.3) is 0 Å². The van der Waals surface area contributed by atoms with E-state index in [4.69, 9.17) is 12.2 Å². The van der Waals surface area contributed by atoms with Crippen LogP contribution in [0.1, 0.15) is 24.5 Å². The Balaban J connectivity index is 2.41. The number of hydrogen-bond donors (Lipinski definition) is 1. The standard InChI is InChI=1S/C8H10N4OS/c1-5-3-12(8(14)10-5)6(2)7-9-4-13-11-7/h3-4,6H,1-2H3,(H,10,14). The fourth-order valence-corrected chi connectivity index (χ4v) is 1.68. The van der Waals surface area contributed by atoms with Gasteiger partial charge in [-0.15, -0.1) is 0 Å². The van der Waals surface area contributed by atoms with Crippen LogP contribution in [0.15, 0.2) is 17.1 Å². The second-order valence-corrected chi connectivity index (χ2v) is 3.50. The number of aryl methyl sites for hydroxylation is 1. The molecular weight excluding hydrogens is 200 g/mol. The lowest BCUT2D eigenvalue weighted by molar-refractivity contribution is 0.401. The largest absolute Gasteiger partial charge is 0.343 e. The van der Waals surface area contributed by atoms with E-state index in [9.17, 15) is 0 Å². The van der Waals surface area contributed by atoms with Gasteiger partial charge in [-0.1, -0.05) is 5.16 Å². The van der Waals surface area contributed by atoms with Gasteiger partial charge >= 0.3 is 0 Å². The maximum Gasteiger partial charge on any atom is 0.213 e. The smallest absolute Gasteiger partial charge is 0.213 e. The first-order chi connectivity index (χ1) is 6.68. The van der Waals surface area contributed by atoms with Gasteiger partial charge in [-0.25, -0.2) is 0 Å². The molecule has 0 radical (unpaired) electrons. The van der Waals surface area contributed by atoms with Gasteiger partial charge in [0.25, 0.3) is 0 Å². The van der Waals surface area contributed by atoms with Gasteiger partial charge in [-0.05, 0) is 26.1 Å². The number of imidazole rings is 1. The molecule has 0 saturated carbocycles. The Morgan fingerprint density at radius 3 is 2.93 bits per heavy atom. The molecule has 0 amide bonds. The molecule has 1 unspecified atom stereocenters. The van der Waals surface area contributed by atoms with Crippen molar-refractivity contribution in [2.24, 2.45) is 0 Å². The molecule has 2 aromatic heterocycles. The summed E-state index contributed by atoms with van der Waals surface area (Å²) in [6.45, 7) is 3.92. The molecule has 0 aliphatic rings. The fourth-order valence-electron chi connectivity index (χ4n) is 1.31. The van der Waals surface area contributed by atoms with Crippen LogP contribution in [0.4, 0.5) is 0 Å². The Labute approximate surface area is 85.8 Å². The minimum absolute atomic E-state index is 0.00815. The molecule has 2 aromatic rings. The molecule has 0 spiro atoms. The summed E-state index contributed by atoms with van der Waals surface area (Å²) in [5.74, 6) is 0.625. The van der Waals surface area contributed by atoms with Crippen LogP contribution in [-0.2, 0) is 0 Å². The Morgan fingerprint density at radius 2 is 2.43 bits per heavy atom. The van der Waals surface area contributed by atoms with Crippen molar-refractivity contribution in [3.05, 3.63) is 28.9 Å². The summed E-state index contributed by atoms with van der Waals surface area (Å²) in [4.78, 5) is 7.03. The van der Waals surface area contributed by atoms with Crippen molar-refractivity contribution < 1.29 is 4.52 Å². The Kier molecular flexibility index (Phi) is 2.20. The normalized spacial score (nSPS) is 13.0. The van der Waals surface area contributed by atoms with E-state index < -0.39 is 0 Å². The third kappa shape index (κ3) is 1.48. The topological polar surface area (TPSA) is 59.6 Å². The van der Waals surface area contributed by atoms with Crippen molar-refractivity contribution in [3.8, 4) is 0 Å². The molecule has 6 heteroatoms. The van der Waals surface area contributed by atoms with E-state index in [1.807, 2.05) is 24.6 Å². The van der Waals surface area contributed by atoms with Crippen LogP contribution in [0.5, 0.6) is 0 Å². The van der Waals surface area contributed by atoms with Crippen molar-refractivity contribution in [2.75, 3.05) is 0 Å². The Hall–Kier alpha value is -1.43. The van der Waals surface area contributed by atoms with Gasteiger partial charge in [0.05, 0.1) is 6.04 Å². The van der Waals surface area contributed by atoms with Gasteiger partial charge in [0.1, 0.15) is 0 Å². The maximum absolute atomic E-state index is 5.14. The highest BCUT2D eigenvalue weighted by atomic mass is 32.1. The SMILES string of the molecule is Cc1cn(C(C)c2ncon2)c(=S)[nH]1. The van der Waals surface area contributed by atoms with Crippen LogP contribution < -0.4 is 0 Å². The molecule has 1 atom stereocenters. The van der Waals surface area contributed by atoms with Crippen LogP contribution >= 0.6 is 12.2 Å². The number of aromatic amines is 1. The molecular formula is C8H10N4OS. The third-order valence-corrected chi connectivity index (χ3v) is 2.35. The first-order valence-corrected chi connectivity index (χ1v) is 4.63. The molecule has 0 aliphatic heterocycles. The van der Waals surface area contributed by atoms with Gasteiger partial charge < -0.3 is 14.1 Å². The summed E-state index contributed by atoms with van der Waals surface area (Å²) in [5.41, 5.74) is 1.02. The average Bonchev–Trinajstić information content (AvgIpc) is 2.73. The van der Waals surface area contributed by atoms with Gasteiger partial charge in [0, 0.05) is 11.9 Å². The highest BCUT2D eigenvalue weighted by Crippen LogP contribution is 2.14. The summed E-state index contributed by atoms with van der Waals surface area (Å²) in [6.07, 6.45) is 3.25. The van der Waals surface area contributed by atoms with Crippen molar-refractivity contribution in [3.63, 3.8) is 0 Å². The van der Waals surface area contributed by atoms with Crippen molar-refractivity contribution >= 4 is 12.2 Å². The second kappa shape index (κ2) is 3.38. The van der Waals surface area contributed by atoms with Crippen molar-refractivity contribution in [2.45, 2.75) is 19.9 Å². The van der Waals surface area contributed by atoms with Crippen LogP contribution in [0.3, 0.4) is 0 Å². The first kappa shape index (κ1) is 9.14. The highest BCUT2D eigenvalue weighted by molar-refractivity contribution is 7.71. The van der Waals surface area contributed by atoms with Crippen molar-refractivity contribution in [1.82, 2.24) is 19.7 Å². The van der Waals surface area contributed by atoms with E-state index >= 15 is 0 Å². The summed E-state index contributed by atoms with van der Waals surface area (Å²) in [5, 5.41) is 3.78. The van der Waals surface area contributed by atoms with Crippen LogP contribution in [-0.4, -0.2) is 19.7 Å². The first-order valence-electron chi connectivity index (χ1n) is 4.22. The lowest BCUT2D eigenvalue weighted by Gasteiger charge is -2.07. The molecule has 0 bridgehead atoms.